The highest BCUT2D eigenvalue weighted by molar-refractivity contribution is 8.13. The van der Waals surface area contributed by atoms with Gasteiger partial charge in [0, 0.05) is 12.8 Å². The Labute approximate surface area is 164 Å². The molecule has 1 fully saturated rings. The fourth-order valence-corrected chi connectivity index (χ4v) is 3.98. The molecule has 2 aromatic carbocycles. The molecule has 0 saturated carbocycles. The van der Waals surface area contributed by atoms with Crippen LogP contribution in [0.15, 0.2) is 60.7 Å². The maximum Gasteiger partial charge on any atom is 0.191 e. The van der Waals surface area contributed by atoms with E-state index in [9.17, 15) is 9.90 Å². The molecule has 1 N–H and O–H groups in total. The first-order valence-corrected chi connectivity index (χ1v) is 10.4. The van der Waals surface area contributed by atoms with Crippen molar-refractivity contribution in [2.75, 3.05) is 5.75 Å². The maximum absolute atomic E-state index is 12.0. The number of thioether (sulfide) groups is 1. The van der Waals surface area contributed by atoms with Crippen molar-refractivity contribution in [3.8, 4) is 0 Å². The number of carbonyl (C=O) groups excluding carboxylic acids is 1. The fourth-order valence-electron chi connectivity index (χ4n) is 3.36. The van der Waals surface area contributed by atoms with Crippen LogP contribution in [0.4, 0.5) is 0 Å². The van der Waals surface area contributed by atoms with Gasteiger partial charge < -0.3 is 14.6 Å². The van der Waals surface area contributed by atoms with Gasteiger partial charge in [-0.15, -0.1) is 0 Å². The van der Waals surface area contributed by atoms with E-state index in [0.717, 1.165) is 16.9 Å². The minimum atomic E-state index is -0.683. The van der Waals surface area contributed by atoms with E-state index < -0.39 is 18.3 Å². The van der Waals surface area contributed by atoms with Crippen LogP contribution in [0.3, 0.4) is 0 Å². The molecule has 27 heavy (non-hydrogen) atoms. The molecule has 0 unspecified atom stereocenters. The largest absolute Gasteiger partial charge is 0.390 e. The Balaban J connectivity index is 1.73. The van der Waals surface area contributed by atoms with Gasteiger partial charge in [0.15, 0.2) is 5.12 Å². The summed E-state index contributed by atoms with van der Waals surface area (Å²) in [6.45, 7) is 2.36. The number of hydrogen-bond acceptors (Lipinski definition) is 5. The second-order valence-corrected chi connectivity index (χ2v) is 7.98. The van der Waals surface area contributed by atoms with Crippen molar-refractivity contribution < 1.29 is 19.4 Å². The van der Waals surface area contributed by atoms with E-state index in [1.165, 1.54) is 11.8 Å². The molecule has 4 nitrogen and oxygen atoms in total. The first-order chi connectivity index (χ1) is 13.2. The van der Waals surface area contributed by atoms with Crippen LogP contribution in [-0.4, -0.2) is 34.3 Å². The van der Waals surface area contributed by atoms with Crippen LogP contribution in [-0.2, 0) is 20.9 Å². The third-order valence-electron chi connectivity index (χ3n) is 4.63. The second-order valence-electron chi connectivity index (χ2n) is 6.66. The van der Waals surface area contributed by atoms with Crippen LogP contribution in [0.5, 0.6) is 0 Å². The highest BCUT2D eigenvalue weighted by Crippen LogP contribution is 2.36. The van der Waals surface area contributed by atoms with Gasteiger partial charge in [-0.05, 0) is 16.9 Å². The van der Waals surface area contributed by atoms with Crippen molar-refractivity contribution in [2.45, 2.75) is 50.8 Å². The van der Waals surface area contributed by atoms with E-state index in [2.05, 4.69) is 0 Å². The van der Waals surface area contributed by atoms with Crippen molar-refractivity contribution in [1.29, 1.82) is 0 Å². The minimum Gasteiger partial charge on any atom is -0.390 e. The number of carbonyl (C=O) groups is 1. The fraction of sp³-hybridized carbons (Fsp3) is 0.409. The van der Waals surface area contributed by atoms with Crippen molar-refractivity contribution >= 4 is 16.9 Å². The average molecular weight is 387 g/mol. The summed E-state index contributed by atoms with van der Waals surface area (Å²) in [6, 6.07) is 19.7. The summed E-state index contributed by atoms with van der Waals surface area (Å²) >= 11 is 1.30. The predicted octanol–water partition coefficient (Wildman–Crippen LogP) is 4.13. The summed E-state index contributed by atoms with van der Waals surface area (Å²) < 4.78 is 12.3. The molecule has 3 rings (SSSR count). The van der Waals surface area contributed by atoms with Crippen molar-refractivity contribution in [1.82, 2.24) is 0 Å². The minimum absolute atomic E-state index is 0.102. The lowest BCUT2D eigenvalue weighted by Gasteiger charge is -2.39. The number of aliphatic hydroxyl groups is 1. The van der Waals surface area contributed by atoms with E-state index in [-0.39, 0.29) is 11.2 Å². The molecule has 1 aliphatic heterocycles. The summed E-state index contributed by atoms with van der Waals surface area (Å²) in [6.07, 6.45) is -1.14. The monoisotopic (exact) mass is 386 g/mol. The van der Waals surface area contributed by atoms with Crippen LogP contribution in [0.2, 0.25) is 0 Å². The summed E-state index contributed by atoms with van der Waals surface area (Å²) in [4.78, 5) is 12.0. The Morgan fingerprint density at radius 1 is 1.15 bits per heavy atom. The molecule has 4 atom stereocenters. The molecule has 1 heterocycles. The molecular formula is C22H26O4S. The number of rotatable bonds is 7. The van der Waals surface area contributed by atoms with Crippen LogP contribution in [0, 0.1) is 0 Å². The lowest BCUT2D eigenvalue weighted by Crippen LogP contribution is -2.45. The quantitative estimate of drug-likeness (QED) is 0.775. The highest BCUT2D eigenvalue weighted by Gasteiger charge is 2.40. The summed E-state index contributed by atoms with van der Waals surface area (Å²) in [5, 5.41) is 10.9. The number of aliphatic hydroxyl groups excluding tert-OH is 1. The lowest BCUT2D eigenvalue weighted by molar-refractivity contribution is -0.195. The summed E-state index contributed by atoms with van der Waals surface area (Å²) in [7, 11) is 0. The topological polar surface area (TPSA) is 55.8 Å². The van der Waals surface area contributed by atoms with Gasteiger partial charge in [-0.1, -0.05) is 79.3 Å². The smallest absolute Gasteiger partial charge is 0.191 e. The predicted molar refractivity (Wildman–Crippen MR) is 107 cm³/mol. The van der Waals surface area contributed by atoms with Gasteiger partial charge in [-0.3, -0.25) is 4.79 Å². The molecule has 0 bridgehead atoms. The maximum atomic E-state index is 12.0. The standard InChI is InChI=1S/C22H26O4S/c1-2-27-20(24)14-18-13-19(23)22(25-15-16-9-5-3-6-10-16)21(26-18)17-11-7-4-8-12-17/h3-12,18-19,21-23H,2,13-15H2,1H3/t18-,19+,21+,22+/m1/s1. The van der Waals surface area contributed by atoms with Gasteiger partial charge in [-0.25, -0.2) is 0 Å². The van der Waals surface area contributed by atoms with Gasteiger partial charge in [0.2, 0.25) is 0 Å². The SMILES string of the molecule is CCSC(=O)C[C@H]1C[C@H](O)[C@H](OCc2ccccc2)[C@H](c2ccccc2)O1. The lowest BCUT2D eigenvalue weighted by atomic mass is 9.92. The molecule has 1 saturated heterocycles. The van der Waals surface area contributed by atoms with Gasteiger partial charge in [0.1, 0.15) is 12.2 Å². The van der Waals surface area contributed by atoms with Gasteiger partial charge in [-0.2, -0.15) is 0 Å². The van der Waals surface area contributed by atoms with Crippen LogP contribution in [0.1, 0.15) is 37.0 Å². The van der Waals surface area contributed by atoms with Crippen molar-refractivity contribution in [3.05, 3.63) is 71.8 Å². The Morgan fingerprint density at radius 2 is 1.81 bits per heavy atom. The number of hydrogen-bond donors (Lipinski definition) is 1. The van der Waals surface area contributed by atoms with Gasteiger partial charge >= 0.3 is 0 Å². The Hall–Kier alpha value is -1.66. The first-order valence-electron chi connectivity index (χ1n) is 9.37. The van der Waals surface area contributed by atoms with E-state index in [0.29, 0.717) is 19.4 Å². The molecule has 0 amide bonds. The second kappa shape index (κ2) is 10.0. The summed E-state index contributed by atoms with van der Waals surface area (Å²) in [5.41, 5.74) is 2.00. The average Bonchev–Trinajstić information content (AvgIpc) is 2.68. The number of benzene rings is 2. The zero-order chi connectivity index (χ0) is 19.1. The molecule has 1 aliphatic rings. The zero-order valence-electron chi connectivity index (χ0n) is 15.5. The Bertz CT molecular complexity index is 707. The summed E-state index contributed by atoms with van der Waals surface area (Å²) in [5.74, 6) is 0.749. The van der Waals surface area contributed by atoms with Gasteiger partial charge in [0.25, 0.3) is 0 Å². The normalized spacial score (nSPS) is 25.3. The first kappa shape index (κ1) is 20.1. The third kappa shape index (κ3) is 5.66. The van der Waals surface area contributed by atoms with Crippen molar-refractivity contribution in [3.63, 3.8) is 0 Å². The van der Waals surface area contributed by atoms with Gasteiger partial charge in [0.05, 0.1) is 18.8 Å². The molecule has 0 aromatic heterocycles. The molecule has 144 valence electrons. The number of ether oxygens (including phenoxy) is 2. The molecule has 2 aromatic rings. The highest BCUT2D eigenvalue weighted by atomic mass is 32.2. The molecule has 0 radical (unpaired) electrons. The molecule has 0 aliphatic carbocycles. The third-order valence-corrected chi connectivity index (χ3v) is 5.41. The molecular weight excluding hydrogens is 360 g/mol. The molecule has 0 spiro atoms. The van der Waals surface area contributed by atoms with Crippen LogP contribution < -0.4 is 0 Å². The van der Waals surface area contributed by atoms with Crippen LogP contribution >= 0.6 is 11.8 Å². The van der Waals surface area contributed by atoms with Crippen molar-refractivity contribution in [2.24, 2.45) is 0 Å². The zero-order valence-corrected chi connectivity index (χ0v) is 16.3. The van der Waals surface area contributed by atoms with E-state index >= 15 is 0 Å². The van der Waals surface area contributed by atoms with E-state index in [4.69, 9.17) is 9.47 Å². The molecule has 5 heteroatoms. The van der Waals surface area contributed by atoms with Crippen LogP contribution in [0.25, 0.3) is 0 Å². The van der Waals surface area contributed by atoms with E-state index in [1.807, 2.05) is 67.6 Å². The Kier molecular flexibility index (Phi) is 7.47. The van der Waals surface area contributed by atoms with E-state index in [1.54, 1.807) is 0 Å². The Morgan fingerprint density at radius 3 is 2.48 bits per heavy atom.